The lowest BCUT2D eigenvalue weighted by Crippen LogP contribution is -2.58. The van der Waals surface area contributed by atoms with Crippen molar-refractivity contribution in [1.82, 2.24) is 4.90 Å². The number of anilines is 1. The lowest BCUT2D eigenvalue weighted by atomic mass is 10.1. The molecule has 4 nitrogen and oxygen atoms in total. The molecule has 19 heavy (non-hydrogen) atoms. The zero-order valence-corrected chi connectivity index (χ0v) is 12.2. The molecule has 0 spiro atoms. The lowest BCUT2D eigenvalue weighted by Gasteiger charge is -2.45. The summed E-state index contributed by atoms with van der Waals surface area (Å²) >= 11 is 0. The van der Waals surface area contributed by atoms with Crippen LogP contribution in [0.15, 0.2) is 24.3 Å². The number of piperazine rings is 1. The van der Waals surface area contributed by atoms with Crippen LogP contribution in [0.5, 0.6) is 5.75 Å². The fourth-order valence-corrected chi connectivity index (χ4v) is 2.65. The van der Waals surface area contributed by atoms with Gasteiger partial charge in [0.15, 0.2) is 0 Å². The second-order valence-corrected chi connectivity index (χ2v) is 5.23. The predicted octanol–water partition coefficient (Wildman–Crippen LogP) is 1.55. The largest absolute Gasteiger partial charge is 0.492 e. The Morgan fingerprint density at radius 1 is 1.32 bits per heavy atom. The van der Waals surface area contributed by atoms with E-state index in [-0.39, 0.29) is 0 Å². The van der Waals surface area contributed by atoms with Crippen LogP contribution in [0.2, 0.25) is 0 Å². The Labute approximate surface area is 116 Å². The number of nitrogens with zero attached hydrogens (tertiary/aromatic N) is 2. The Bertz CT molecular complexity index is 410. The molecule has 0 bridgehead atoms. The van der Waals surface area contributed by atoms with Crippen molar-refractivity contribution >= 4 is 5.69 Å². The summed E-state index contributed by atoms with van der Waals surface area (Å²) in [6, 6.07) is 9.13. The van der Waals surface area contributed by atoms with Crippen molar-refractivity contribution < 1.29 is 4.74 Å². The molecule has 2 unspecified atom stereocenters. The first-order valence-electron chi connectivity index (χ1n) is 7.06. The molecule has 1 aromatic carbocycles. The number of hydrogen-bond donors (Lipinski definition) is 1. The standard InChI is InChI=1S/C15H25N3O/c1-4-19-15-8-6-5-7-14(15)18-10-12(2)17(3)11-13(18)9-16/h5-8,12-13H,4,9-11,16H2,1-3H3. The Balaban J connectivity index is 2.28. The minimum absolute atomic E-state index is 0.350. The van der Waals surface area contributed by atoms with Crippen molar-refractivity contribution in [3.05, 3.63) is 24.3 Å². The van der Waals surface area contributed by atoms with Gasteiger partial charge in [0.2, 0.25) is 0 Å². The molecule has 0 radical (unpaired) electrons. The van der Waals surface area contributed by atoms with Gasteiger partial charge in [-0.1, -0.05) is 12.1 Å². The third-order valence-electron chi connectivity index (χ3n) is 3.90. The van der Waals surface area contributed by atoms with Gasteiger partial charge in [-0.15, -0.1) is 0 Å². The average Bonchev–Trinajstić information content (AvgIpc) is 2.42. The minimum atomic E-state index is 0.350. The lowest BCUT2D eigenvalue weighted by molar-refractivity contribution is 0.200. The second-order valence-electron chi connectivity index (χ2n) is 5.23. The number of benzene rings is 1. The van der Waals surface area contributed by atoms with Gasteiger partial charge in [0.05, 0.1) is 18.3 Å². The van der Waals surface area contributed by atoms with E-state index < -0.39 is 0 Å². The summed E-state index contributed by atoms with van der Waals surface area (Å²) in [6.07, 6.45) is 0. The molecule has 106 valence electrons. The zero-order chi connectivity index (χ0) is 13.8. The second kappa shape index (κ2) is 6.26. The fourth-order valence-electron chi connectivity index (χ4n) is 2.65. The molecule has 2 atom stereocenters. The van der Waals surface area contributed by atoms with Crippen LogP contribution in [0, 0.1) is 0 Å². The van der Waals surface area contributed by atoms with Crippen molar-refractivity contribution in [1.29, 1.82) is 0 Å². The third-order valence-corrected chi connectivity index (χ3v) is 3.90. The summed E-state index contributed by atoms with van der Waals surface area (Å²) in [5.74, 6) is 0.959. The topological polar surface area (TPSA) is 41.7 Å². The van der Waals surface area contributed by atoms with Gasteiger partial charge in [0.1, 0.15) is 5.75 Å². The Hall–Kier alpha value is -1.26. The summed E-state index contributed by atoms with van der Waals surface area (Å²) in [5, 5.41) is 0. The quantitative estimate of drug-likeness (QED) is 0.895. The Morgan fingerprint density at radius 3 is 2.74 bits per heavy atom. The van der Waals surface area contributed by atoms with E-state index in [4.69, 9.17) is 10.5 Å². The number of rotatable bonds is 4. The molecule has 4 heteroatoms. The highest BCUT2D eigenvalue weighted by atomic mass is 16.5. The van der Waals surface area contributed by atoms with Gasteiger partial charge in [0.25, 0.3) is 0 Å². The molecule has 1 aliphatic heterocycles. The number of para-hydroxylation sites is 2. The molecule has 2 rings (SSSR count). The van der Waals surface area contributed by atoms with Crippen LogP contribution in [0.4, 0.5) is 5.69 Å². The predicted molar refractivity (Wildman–Crippen MR) is 79.9 cm³/mol. The summed E-state index contributed by atoms with van der Waals surface area (Å²) < 4.78 is 5.75. The molecule has 1 saturated heterocycles. The van der Waals surface area contributed by atoms with Crippen molar-refractivity contribution in [3.63, 3.8) is 0 Å². The molecule has 0 saturated carbocycles. The molecule has 1 fully saturated rings. The van der Waals surface area contributed by atoms with E-state index >= 15 is 0 Å². The van der Waals surface area contributed by atoms with Crippen LogP contribution >= 0.6 is 0 Å². The maximum atomic E-state index is 5.95. The molecular weight excluding hydrogens is 238 g/mol. The van der Waals surface area contributed by atoms with Crippen LogP contribution in [-0.2, 0) is 0 Å². The van der Waals surface area contributed by atoms with Crippen LogP contribution in [0.3, 0.4) is 0 Å². The van der Waals surface area contributed by atoms with E-state index in [1.807, 2.05) is 19.1 Å². The molecular formula is C15H25N3O. The summed E-state index contributed by atoms with van der Waals surface area (Å²) in [4.78, 5) is 4.77. The Morgan fingerprint density at radius 2 is 2.05 bits per heavy atom. The van der Waals surface area contributed by atoms with Gasteiger partial charge in [0, 0.05) is 25.7 Å². The van der Waals surface area contributed by atoms with Crippen molar-refractivity contribution in [2.24, 2.45) is 5.73 Å². The van der Waals surface area contributed by atoms with Gasteiger partial charge < -0.3 is 15.4 Å². The van der Waals surface area contributed by atoms with Crippen molar-refractivity contribution in [3.8, 4) is 5.75 Å². The van der Waals surface area contributed by atoms with Gasteiger partial charge in [-0.05, 0) is 33.0 Å². The van der Waals surface area contributed by atoms with Crippen LogP contribution in [-0.4, -0.2) is 50.3 Å². The van der Waals surface area contributed by atoms with Crippen LogP contribution < -0.4 is 15.4 Å². The highest BCUT2D eigenvalue weighted by molar-refractivity contribution is 5.59. The highest BCUT2D eigenvalue weighted by Gasteiger charge is 2.30. The highest BCUT2D eigenvalue weighted by Crippen LogP contribution is 2.31. The average molecular weight is 263 g/mol. The first kappa shape index (κ1) is 14.2. The van der Waals surface area contributed by atoms with Crippen molar-refractivity contribution in [2.45, 2.75) is 25.9 Å². The van der Waals surface area contributed by atoms with Crippen LogP contribution in [0.25, 0.3) is 0 Å². The van der Waals surface area contributed by atoms with E-state index in [9.17, 15) is 0 Å². The molecule has 1 aromatic rings. The van der Waals surface area contributed by atoms with E-state index in [2.05, 4.69) is 35.9 Å². The molecule has 1 aliphatic rings. The molecule has 2 N–H and O–H groups in total. The van der Waals surface area contributed by atoms with Gasteiger partial charge in [-0.2, -0.15) is 0 Å². The molecule has 1 heterocycles. The number of likely N-dealkylation sites (N-methyl/N-ethyl adjacent to an activating group) is 1. The van der Waals surface area contributed by atoms with Crippen molar-refractivity contribution in [2.75, 3.05) is 38.2 Å². The maximum Gasteiger partial charge on any atom is 0.142 e. The minimum Gasteiger partial charge on any atom is -0.492 e. The molecule has 0 aromatic heterocycles. The smallest absolute Gasteiger partial charge is 0.142 e. The summed E-state index contributed by atoms with van der Waals surface area (Å²) in [5.41, 5.74) is 7.12. The molecule has 0 aliphatic carbocycles. The third kappa shape index (κ3) is 3.01. The van der Waals surface area contributed by atoms with E-state index in [0.29, 0.717) is 25.2 Å². The van der Waals surface area contributed by atoms with Gasteiger partial charge >= 0.3 is 0 Å². The van der Waals surface area contributed by atoms with Crippen LogP contribution in [0.1, 0.15) is 13.8 Å². The summed E-state index contributed by atoms with van der Waals surface area (Å²) in [6.45, 7) is 7.61. The fraction of sp³-hybridized carbons (Fsp3) is 0.600. The molecule has 0 amide bonds. The first-order valence-corrected chi connectivity index (χ1v) is 7.06. The SMILES string of the molecule is CCOc1ccccc1N1CC(C)N(C)CC1CN. The number of ether oxygens (including phenoxy) is 1. The number of hydrogen-bond acceptors (Lipinski definition) is 4. The maximum absolute atomic E-state index is 5.95. The van der Waals surface area contributed by atoms with E-state index in [1.54, 1.807) is 0 Å². The zero-order valence-electron chi connectivity index (χ0n) is 12.2. The van der Waals surface area contributed by atoms with E-state index in [1.165, 1.54) is 5.69 Å². The van der Waals surface area contributed by atoms with Gasteiger partial charge in [-0.3, -0.25) is 4.90 Å². The first-order chi connectivity index (χ1) is 9.17. The van der Waals surface area contributed by atoms with Gasteiger partial charge in [-0.25, -0.2) is 0 Å². The van der Waals surface area contributed by atoms with E-state index in [0.717, 1.165) is 18.8 Å². The number of nitrogens with two attached hydrogens (primary N) is 1. The Kier molecular flexibility index (Phi) is 4.66. The summed E-state index contributed by atoms with van der Waals surface area (Å²) in [7, 11) is 2.17. The normalized spacial score (nSPS) is 24.5. The monoisotopic (exact) mass is 263 g/mol.